The van der Waals surface area contributed by atoms with Gasteiger partial charge in [0.2, 0.25) is 0 Å². The summed E-state index contributed by atoms with van der Waals surface area (Å²) < 4.78 is 55.6. The minimum Gasteiger partial charge on any atom is -0.480 e. The van der Waals surface area contributed by atoms with Crippen LogP contribution in [0.15, 0.2) is 54.7 Å². The smallest absolute Gasteiger partial charge is 0.480 e. The molecule has 0 spiro atoms. The molecule has 2 aromatic carbocycles. The van der Waals surface area contributed by atoms with Crippen molar-refractivity contribution in [3.8, 4) is 5.75 Å². The Labute approximate surface area is 302 Å². The monoisotopic (exact) mass is 755 g/mol. The van der Waals surface area contributed by atoms with Gasteiger partial charge in [-0.25, -0.2) is 9.37 Å². The minimum absolute atomic E-state index is 0. The lowest BCUT2D eigenvalue weighted by Gasteiger charge is -2.35. The molecular formula is C34H44Cl3F4N3O3S. The lowest BCUT2D eigenvalue weighted by molar-refractivity contribution is -0.274. The summed E-state index contributed by atoms with van der Waals surface area (Å²) in [6.07, 6.45) is 1.45. The molecule has 2 aliphatic rings. The van der Waals surface area contributed by atoms with E-state index in [1.807, 2.05) is 38.1 Å². The fraction of sp³-hybridized carbons (Fsp3) is 0.529. The summed E-state index contributed by atoms with van der Waals surface area (Å²) in [5.74, 6) is -0.458. The van der Waals surface area contributed by atoms with Gasteiger partial charge in [-0.2, -0.15) is 0 Å². The molecule has 3 aromatic rings. The number of hydrogen-bond donors (Lipinski definition) is 1. The number of carboxylic acids is 1. The van der Waals surface area contributed by atoms with Gasteiger partial charge in [0.1, 0.15) is 17.6 Å². The number of likely N-dealkylation sites (N-methyl/N-ethyl adjacent to an activating group) is 1. The van der Waals surface area contributed by atoms with Crippen molar-refractivity contribution in [2.45, 2.75) is 76.2 Å². The van der Waals surface area contributed by atoms with Crippen molar-refractivity contribution < 1.29 is 32.2 Å². The van der Waals surface area contributed by atoms with E-state index in [9.17, 15) is 27.5 Å². The first-order valence-corrected chi connectivity index (χ1v) is 16.4. The molecule has 48 heavy (non-hydrogen) atoms. The number of aliphatic carboxylic acids is 1. The number of alkyl halides is 3. The first-order valence-electron chi connectivity index (χ1n) is 15.6. The van der Waals surface area contributed by atoms with Crippen LogP contribution in [0, 0.1) is 17.7 Å². The topological polar surface area (TPSA) is 65.9 Å². The Kier molecular flexibility index (Phi) is 15.9. The second-order valence-electron chi connectivity index (χ2n) is 12.8. The van der Waals surface area contributed by atoms with Gasteiger partial charge in [-0.15, -0.1) is 61.7 Å². The summed E-state index contributed by atoms with van der Waals surface area (Å²) in [6, 6.07) is 12.3. The molecular weight excluding hydrogens is 713 g/mol. The molecule has 3 unspecified atom stereocenters. The van der Waals surface area contributed by atoms with Crippen LogP contribution in [0.3, 0.4) is 0 Å². The first kappa shape index (κ1) is 42.0. The highest BCUT2D eigenvalue weighted by Gasteiger charge is 2.42. The van der Waals surface area contributed by atoms with Crippen molar-refractivity contribution in [3.05, 3.63) is 81.6 Å². The molecule has 1 N–H and O–H groups in total. The maximum absolute atomic E-state index is 14.3. The Morgan fingerprint density at radius 3 is 2.33 bits per heavy atom. The highest BCUT2D eigenvalue weighted by atomic mass is 35.5. The quantitative estimate of drug-likeness (QED) is 0.198. The summed E-state index contributed by atoms with van der Waals surface area (Å²) >= 11 is 1.66. The summed E-state index contributed by atoms with van der Waals surface area (Å²) in [4.78, 5) is 22.4. The van der Waals surface area contributed by atoms with Crippen LogP contribution in [-0.4, -0.2) is 71.0 Å². The number of likely N-dealkylation sites (tertiary alicyclic amines) is 1. The van der Waals surface area contributed by atoms with E-state index in [1.54, 1.807) is 35.6 Å². The molecule has 1 saturated carbocycles. The van der Waals surface area contributed by atoms with Crippen LogP contribution in [0.1, 0.15) is 72.4 Å². The van der Waals surface area contributed by atoms with E-state index in [-0.39, 0.29) is 66.7 Å². The third-order valence-electron chi connectivity index (χ3n) is 9.41. The lowest BCUT2D eigenvalue weighted by Crippen LogP contribution is -2.47. The van der Waals surface area contributed by atoms with Crippen LogP contribution in [0.5, 0.6) is 5.75 Å². The summed E-state index contributed by atoms with van der Waals surface area (Å²) in [5, 5.41) is 10.8. The van der Waals surface area contributed by atoms with Crippen LogP contribution in [-0.2, 0) is 11.2 Å². The fourth-order valence-corrected chi connectivity index (χ4v) is 8.37. The van der Waals surface area contributed by atoms with E-state index in [2.05, 4.69) is 14.6 Å². The third kappa shape index (κ3) is 10.9. The number of aromatic nitrogens is 1. The molecule has 2 heterocycles. The Bertz CT molecular complexity index is 1440. The van der Waals surface area contributed by atoms with E-state index in [0.29, 0.717) is 18.3 Å². The van der Waals surface area contributed by atoms with Crippen LogP contribution in [0.2, 0.25) is 0 Å². The number of carbonyl (C=O) groups is 1. The van der Waals surface area contributed by atoms with Crippen molar-refractivity contribution in [1.29, 1.82) is 0 Å². The van der Waals surface area contributed by atoms with E-state index in [0.717, 1.165) is 61.5 Å². The van der Waals surface area contributed by atoms with Gasteiger partial charge in [-0.05, 0) is 105 Å². The largest absolute Gasteiger partial charge is 0.573 e. The van der Waals surface area contributed by atoms with Gasteiger partial charge < -0.3 is 14.7 Å². The van der Waals surface area contributed by atoms with Crippen molar-refractivity contribution in [2.75, 3.05) is 26.7 Å². The SMILES string of the molecule is CC(C)[C@H](C(=O)O)N(C)C1CC(CN2CCC(c3cnc(Cc4ccc(OC(F)(F)F)cc4)s3)CC2)C(c2cccc(F)c2)C1.Cl.Cl.Cl. The zero-order valence-corrected chi connectivity index (χ0v) is 30.3. The van der Waals surface area contributed by atoms with Crippen LogP contribution in [0.25, 0.3) is 0 Å². The van der Waals surface area contributed by atoms with Crippen molar-refractivity contribution in [3.63, 3.8) is 0 Å². The van der Waals surface area contributed by atoms with Gasteiger partial charge in [-0.1, -0.05) is 38.1 Å². The van der Waals surface area contributed by atoms with Crippen molar-refractivity contribution >= 4 is 54.5 Å². The van der Waals surface area contributed by atoms with Gasteiger partial charge in [-0.3, -0.25) is 9.69 Å². The molecule has 1 aliphatic heterocycles. The summed E-state index contributed by atoms with van der Waals surface area (Å²) in [5.41, 5.74) is 1.86. The summed E-state index contributed by atoms with van der Waals surface area (Å²) in [7, 11) is 1.92. The first-order chi connectivity index (χ1) is 21.4. The van der Waals surface area contributed by atoms with E-state index in [1.165, 1.54) is 23.1 Å². The van der Waals surface area contributed by atoms with E-state index >= 15 is 0 Å². The number of rotatable bonds is 11. The minimum atomic E-state index is -4.71. The molecule has 2 fully saturated rings. The van der Waals surface area contributed by atoms with Crippen molar-refractivity contribution in [2.24, 2.45) is 11.8 Å². The maximum atomic E-state index is 14.3. The molecule has 0 bridgehead atoms. The Hall–Kier alpha value is -2.15. The van der Waals surface area contributed by atoms with Crippen LogP contribution in [0.4, 0.5) is 17.6 Å². The third-order valence-corrected chi connectivity index (χ3v) is 10.6. The Morgan fingerprint density at radius 1 is 1.08 bits per heavy atom. The highest BCUT2D eigenvalue weighted by molar-refractivity contribution is 7.11. The molecule has 5 rings (SSSR count). The van der Waals surface area contributed by atoms with Crippen LogP contribution >= 0.6 is 48.6 Å². The standard InChI is InChI=1S/C34H41F4N3O3S.3ClH/c1-21(2)32(33(42)43)40(3)27-17-25(29(18-27)24-5-4-6-26(35)16-24)20-41-13-11-23(12-14-41)30-19-39-31(45-30)15-22-7-9-28(10-8-22)44-34(36,37)38;;;/h4-10,16,19,21,23,25,27,29,32H,11-15,17-18,20H2,1-3H3,(H,42,43);3*1H/t25?,27?,29?,32-;;;/m1.../s1. The number of benzene rings is 2. The Morgan fingerprint density at radius 2 is 1.75 bits per heavy atom. The molecule has 1 aromatic heterocycles. The molecule has 268 valence electrons. The predicted octanol–water partition coefficient (Wildman–Crippen LogP) is 8.82. The molecule has 14 heteroatoms. The second-order valence-corrected chi connectivity index (χ2v) is 14.0. The fourth-order valence-electron chi connectivity index (χ4n) is 7.24. The molecule has 0 radical (unpaired) electrons. The molecule has 6 nitrogen and oxygen atoms in total. The zero-order valence-electron chi connectivity index (χ0n) is 27.1. The number of ether oxygens (including phenoxy) is 1. The van der Waals surface area contributed by atoms with Gasteiger partial charge >= 0.3 is 12.3 Å². The maximum Gasteiger partial charge on any atom is 0.573 e. The number of halogens is 7. The number of nitrogens with zero attached hydrogens (tertiary/aromatic N) is 3. The van der Waals surface area contributed by atoms with Gasteiger partial charge in [0.25, 0.3) is 0 Å². The Balaban J connectivity index is 0.00000267. The molecule has 4 atom stereocenters. The van der Waals surface area contributed by atoms with Gasteiger partial charge in [0, 0.05) is 30.1 Å². The summed E-state index contributed by atoms with van der Waals surface area (Å²) in [6.45, 7) is 6.65. The average Bonchev–Trinajstić information content (AvgIpc) is 3.61. The zero-order chi connectivity index (χ0) is 32.3. The number of hydrogen-bond acceptors (Lipinski definition) is 6. The average molecular weight is 757 g/mol. The van der Waals surface area contributed by atoms with Gasteiger partial charge in [0.05, 0.1) is 5.01 Å². The van der Waals surface area contributed by atoms with Crippen molar-refractivity contribution in [1.82, 2.24) is 14.8 Å². The predicted molar refractivity (Wildman–Crippen MR) is 188 cm³/mol. The van der Waals surface area contributed by atoms with E-state index < -0.39 is 18.4 Å². The second kappa shape index (κ2) is 18.2. The van der Waals surface area contributed by atoms with Gasteiger partial charge in [0.15, 0.2) is 0 Å². The number of carboxylic acid groups (broad SMARTS) is 1. The lowest BCUT2D eigenvalue weighted by atomic mass is 9.87. The van der Waals surface area contributed by atoms with E-state index in [4.69, 9.17) is 0 Å². The molecule has 1 aliphatic carbocycles. The normalized spacial score (nSPS) is 20.9. The van der Waals surface area contributed by atoms with Crippen LogP contribution < -0.4 is 4.74 Å². The number of thiazole rings is 1. The molecule has 0 amide bonds. The number of piperidine rings is 1. The molecule has 1 saturated heterocycles. The highest BCUT2D eigenvalue weighted by Crippen LogP contribution is 2.44.